The number of nitrogens with zero attached hydrogens (tertiary/aromatic N) is 2. The molecule has 25 heavy (non-hydrogen) atoms. The van der Waals surface area contributed by atoms with E-state index < -0.39 is 28.3 Å². The van der Waals surface area contributed by atoms with E-state index in [9.17, 15) is 19.7 Å². The number of nitro benzene ring substituents is 1. The van der Waals surface area contributed by atoms with Gasteiger partial charge in [-0.25, -0.2) is 0 Å². The Bertz CT molecular complexity index is 711. The molecule has 1 aromatic carbocycles. The molecule has 0 bridgehead atoms. The number of aliphatic imine (C=N–C) groups is 1. The van der Waals surface area contributed by atoms with Crippen molar-refractivity contribution in [2.75, 3.05) is 14.2 Å². The Kier molecular flexibility index (Phi) is 5.63. The number of non-ortho nitro benzene ring substituents is 1. The first-order valence-electron chi connectivity index (χ1n) is 7.53. The van der Waals surface area contributed by atoms with Gasteiger partial charge in [0.2, 0.25) is 0 Å². The molecule has 2 atom stereocenters. The molecule has 0 radical (unpaired) electrons. The van der Waals surface area contributed by atoms with Crippen LogP contribution in [-0.2, 0) is 19.1 Å². The van der Waals surface area contributed by atoms with Crippen molar-refractivity contribution in [1.29, 1.82) is 0 Å². The highest BCUT2D eigenvalue weighted by atomic mass is 16.6. The minimum atomic E-state index is -1.00. The summed E-state index contributed by atoms with van der Waals surface area (Å²) in [6.45, 7) is 0. The molecule has 2 unspecified atom stereocenters. The van der Waals surface area contributed by atoms with Gasteiger partial charge in [0, 0.05) is 24.3 Å². The molecule has 1 heterocycles. The summed E-state index contributed by atoms with van der Waals surface area (Å²) in [5.74, 6) is -1.47. The number of hydrogen-bond acceptors (Lipinski definition) is 7. The van der Waals surface area contributed by atoms with Gasteiger partial charge in [-0.15, -0.1) is 0 Å². The Morgan fingerprint density at radius 1 is 1.20 bits per heavy atom. The second-order valence-electron chi connectivity index (χ2n) is 5.56. The minimum Gasteiger partial charge on any atom is -0.469 e. The van der Waals surface area contributed by atoms with Crippen molar-refractivity contribution in [2.45, 2.75) is 24.3 Å². The summed E-state index contributed by atoms with van der Waals surface area (Å²) in [4.78, 5) is 38.5. The number of methoxy groups -OCH3 is 2. The number of carbonyl (C=O) groups excluding carboxylic acids is 2. The van der Waals surface area contributed by atoms with Gasteiger partial charge in [-0.2, -0.15) is 0 Å². The van der Waals surface area contributed by atoms with Gasteiger partial charge in [0.05, 0.1) is 37.5 Å². The molecule has 0 aliphatic carbocycles. The molecule has 1 aliphatic heterocycles. The molecule has 0 saturated carbocycles. The highest BCUT2D eigenvalue weighted by Crippen LogP contribution is 2.41. The fraction of sp³-hybridized carbons (Fsp3) is 0.353. The third-order valence-electron chi connectivity index (χ3n) is 4.15. The van der Waals surface area contributed by atoms with Crippen LogP contribution in [0.15, 0.2) is 41.4 Å². The van der Waals surface area contributed by atoms with E-state index in [1.54, 1.807) is 30.5 Å². The van der Waals surface area contributed by atoms with E-state index in [0.29, 0.717) is 5.56 Å². The first-order valence-corrected chi connectivity index (χ1v) is 7.53. The summed E-state index contributed by atoms with van der Waals surface area (Å²) in [5.41, 5.74) is -0.422. The van der Waals surface area contributed by atoms with E-state index in [2.05, 4.69) is 4.99 Å². The molecular weight excluding hydrogens is 328 g/mol. The second kappa shape index (κ2) is 7.69. The van der Waals surface area contributed by atoms with Crippen molar-refractivity contribution >= 4 is 23.8 Å². The maximum absolute atomic E-state index is 11.9. The Balaban J connectivity index is 2.45. The Hall–Kier alpha value is -3.03. The predicted octanol–water partition coefficient (Wildman–Crippen LogP) is 2.18. The molecule has 2 rings (SSSR count). The minimum absolute atomic E-state index is 0.0347. The number of allylic oxidation sites excluding steroid dienone is 1. The molecule has 1 aromatic rings. The number of benzene rings is 1. The molecule has 0 aromatic heterocycles. The Morgan fingerprint density at radius 3 is 2.32 bits per heavy atom. The zero-order chi connectivity index (χ0) is 18.4. The van der Waals surface area contributed by atoms with E-state index in [1.165, 1.54) is 26.4 Å². The third kappa shape index (κ3) is 4.09. The van der Waals surface area contributed by atoms with Crippen LogP contribution in [-0.4, -0.2) is 42.8 Å². The standard InChI is InChI=1S/C17H18N2O6/c1-24-15(20)10-14(12-4-6-13(7-5-12)19(22)23)17(8-3-9-18-17)11-16(21)25-2/h3-9,14H,10-11H2,1-2H3. The average Bonchev–Trinajstić information content (AvgIpc) is 3.08. The van der Waals surface area contributed by atoms with Crippen molar-refractivity contribution in [1.82, 2.24) is 0 Å². The zero-order valence-corrected chi connectivity index (χ0v) is 13.9. The first kappa shape index (κ1) is 18.3. The Morgan fingerprint density at radius 2 is 1.84 bits per heavy atom. The van der Waals surface area contributed by atoms with E-state index in [1.807, 2.05) is 0 Å². The summed E-state index contributed by atoms with van der Waals surface area (Å²) in [7, 11) is 2.55. The van der Waals surface area contributed by atoms with Crippen LogP contribution in [0.3, 0.4) is 0 Å². The van der Waals surface area contributed by atoms with Crippen LogP contribution in [0.5, 0.6) is 0 Å². The van der Waals surface area contributed by atoms with E-state index >= 15 is 0 Å². The fourth-order valence-corrected chi connectivity index (χ4v) is 2.83. The lowest BCUT2D eigenvalue weighted by Gasteiger charge is -2.32. The van der Waals surface area contributed by atoms with Crippen LogP contribution in [0.2, 0.25) is 0 Å². The predicted molar refractivity (Wildman–Crippen MR) is 89.5 cm³/mol. The lowest BCUT2D eigenvalue weighted by molar-refractivity contribution is -0.384. The highest BCUT2D eigenvalue weighted by Gasteiger charge is 2.42. The highest BCUT2D eigenvalue weighted by molar-refractivity contribution is 5.80. The topological polar surface area (TPSA) is 108 Å². The summed E-state index contributed by atoms with van der Waals surface area (Å²) in [6.07, 6.45) is 4.89. The van der Waals surface area contributed by atoms with Crippen LogP contribution >= 0.6 is 0 Å². The Labute approximate surface area is 144 Å². The quantitative estimate of drug-likeness (QED) is 0.425. The van der Waals surface area contributed by atoms with Gasteiger partial charge in [-0.1, -0.05) is 18.2 Å². The van der Waals surface area contributed by atoms with Crippen LogP contribution < -0.4 is 0 Å². The molecule has 0 saturated heterocycles. The third-order valence-corrected chi connectivity index (χ3v) is 4.15. The molecule has 132 valence electrons. The molecule has 8 heteroatoms. The molecule has 0 spiro atoms. The normalized spacial score (nSPS) is 19.4. The number of ether oxygens (including phenoxy) is 2. The number of nitro groups is 1. The van der Waals surface area contributed by atoms with Gasteiger partial charge in [-0.3, -0.25) is 24.7 Å². The SMILES string of the molecule is COC(=O)CC(c1ccc([N+](=O)[O-])cc1)C1(CC(=O)OC)C=CC=N1. The number of hydrogen-bond donors (Lipinski definition) is 0. The van der Waals surface area contributed by atoms with Crippen molar-refractivity contribution < 1.29 is 24.0 Å². The van der Waals surface area contributed by atoms with Gasteiger partial charge < -0.3 is 9.47 Å². The molecular formula is C17H18N2O6. The molecule has 8 nitrogen and oxygen atoms in total. The summed E-state index contributed by atoms with van der Waals surface area (Å²) < 4.78 is 9.51. The molecule has 0 fully saturated rings. The van der Waals surface area contributed by atoms with Crippen molar-refractivity contribution in [3.05, 3.63) is 52.1 Å². The van der Waals surface area contributed by atoms with E-state index in [4.69, 9.17) is 9.47 Å². The summed E-state index contributed by atoms with van der Waals surface area (Å²) >= 11 is 0. The summed E-state index contributed by atoms with van der Waals surface area (Å²) in [5, 5.41) is 10.8. The van der Waals surface area contributed by atoms with E-state index in [0.717, 1.165) is 0 Å². The number of rotatable bonds is 7. The lowest BCUT2D eigenvalue weighted by Crippen LogP contribution is -2.36. The largest absolute Gasteiger partial charge is 0.469 e. The lowest BCUT2D eigenvalue weighted by atomic mass is 9.75. The van der Waals surface area contributed by atoms with Gasteiger partial charge in [0.1, 0.15) is 0 Å². The van der Waals surface area contributed by atoms with Crippen molar-refractivity contribution in [3.8, 4) is 0 Å². The van der Waals surface area contributed by atoms with Crippen molar-refractivity contribution in [2.24, 2.45) is 4.99 Å². The number of esters is 2. The van der Waals surface area contributed by atoms with Gasteiger partial charge in [-0.05, 0) is 11.6 Å². The fourth-order valence-electron chi connectivity index (χ4n) is 2.83. The van der Waals surface area contributed by atoms with Crippen LogP contribution in [0.1, 0.15) is 24.3 Å². The molecule has 1 aliphatic rings. The number of carbonyl (C=O) groups is 2. The maximum Gasteiger partial charge on any atom is 0.308 e. The van der Waals surface area contributed by atoms with E-state index in [-0.39, 0.29) is 18.5 Å². The van der Waals surface area contributed by atoms with Crippen LogP contribution in [0.25, 0.3) is 0 Å². The smallest absolute Gasteiger partial charge is 0.308 e. The monoisotopic (exact) mass is 346 g/mol. The van der Waals surface area contributed by atoms with Gasteiger partial charge >= 0.3 is 11.9 Å². The maximum atomic E-state index is 11.9. The molecule has 0 N–H and O–H groups in total. The second-order valence-corrected chi connectivity index (χ2v) is 5.56. The summed E-state index contributed by atoms with van der Waals surface area (Å²) in [6, 6.07) is 5.83. The van der Waals surface area contributed by atoms with Crippen LogP contribution in [0.4, 0.5) is 5.69 Å². The average molecular weight is 346 g/mol. The van der Waals surface area contributed by atoms with Gasteiger partial charge in [0.25, 0.3) is 5.69 Å². The van der Waals surface area contributed by atoms with Gasteiger partial charge in [0.15, 0.2) is 0 Å². The van der Waals surface area contributed by atoms with Crippen molar-refractivity contribution in [3.63, 3.8) is 0 Å². The molecule has 0 amide bonds. The zero-order valence-electron chi connectivity index (χ0n) is 13.9. The van der Waals surface area contributed by atoms with Crippen LogP contribution in [0, 0.1) is 10.1 Å². The first-order chi connectivity index (χ1) is 11.9.